The van der Waals surface area contributed by atoms with Crippen LogP contribution >= 0.6 is 0 Å². The van der Waals surface area contributed by atoms with E-state index < -0.39 is 88.2 Å². The van der Waals surface area contributed by atoms with Crippen molar-refractivity contribution >= 4 is 11.0 Å². The molecule has 5 atom stereocenters. The number of aromatic hydroxyl groups is 4. The molecule has 0 radical (unpaired) electrons. The van der Waals surface area contributed by atoms with Crippen LogP contribution in [0.25, 0.3) is 22.3 Å². The minimum Gasteiger partial charge on any atom is -0.507 e. The van der Waals surface area contributed by atoms with Crippen molar-refractivity contribution in [1.29, 1.82) is 0 Å². The average Bonchev–Trinajstić information content (AvgIpc) is 2.82. The molecule has 4 rings (SSSR count). The predicted octanol–water partition coefficient (Wildman–Crippen LogP) is -0.530. The maximum absolute atomic E-state index is 13.5. The van der Waals surface area contributed by atoms with Gasteiger partial charge in [-0.1, -0.05) is 0 Å². The fraction of sp³-hybridized carbons (Fsp3) is 0.318. The molecular weight excluding hydrogens is 472 g/mol. The van der Waals surface area contributed by atoms with Gasteiger partial charge < -0.3 is 59.5 Å². The second-order valence-electron chi connectivity index (χ2n) is 7.76. The molecule has 1 saturated heterocycles. The van der Waals surface area contributed by atoms with E-state index in [-0.39, 0.29) is 11.3 Å². The van der Waals surface area contributed by atoms with Gasteiger partial charge in [0.05, 0.1) is 13.7 Å². The molecule has 13 heteroatoms. The van der Waals surface area contributed by atoms with E-state index in [4.69, 9.17) is 18.6 Å². The van der Waals surface area contributed by atoms with Crippen LogP contribution in [0.4, 0.5) is 0 Å². The van der Waals surface area contributed by atoms with Crippen molar-refractivity contribution in [2.24, 2.45) is 0 Å². The van der Waals surface area contributed by atoms with Crippen molar-refractivity contribution in [2.75, 3.05) is 13.7 Å². The Morgan fingerprint density at radius 3 is 2.23 bits per heavy atom. The van der Waals surface area contributed by atoms with Crippen LogP contribution in [-0.2, 0) is 4.74 Å². The zero-order valence-electron chi connectivity index (χ0n) is 18.0. The molecule has 2 heterocycles. The van der Waals surface area contributed by atoms with Crippen molar-refractivity contribution in [1.82, 2.24) is 0 Å². The first-order chi connectivity index (χ1) is 16.6. The van der Waals surface area contributed by atoms with Gasteiger partial charge in [-0.25, -0.2) is 0 Å². The third kappa shape index (κ3) is 4.05. The Balaban J connectivity index is 1.97. The lowest BCUT2D eigenvalue weighted by Crippen LogP contribution is -2.60. The van der Waals surface area contributed by atoms with Gasteiger partial charge in [0.2, 0.25) is 23.2 Å². The van der Waals surface area contributed by atoms with Crippen LogP contribution in [0.1, 0.15) is 0 Å². The Labute approximate surface area is 195 Å². The predicted molar refractivity (Wildman–Crippen MR) is 116 cm³/mol. The molecule has 1 aliphatic rings. The maximum Gasteiger partial charge on any atom is 0.239 e. The molecule has 8 N–H and O–H groups in total. The normalized spacial score (nSPS) is 24.4. The summed E-state index contributed by atoms with van der Waals surface area (Å²) in [7, 11) is 1.18. The molecular formula is C22H22O13. The van der Waals surface area contributed by atoms with E-state index in [0.717, 1.165) is 18.2 Å². The molecule has 188 valence electrons. The van der Waals surface area contributed by atoms with E-state index in [1.165, 1.54) is 13.2 Å². The van der Waals surface area contributed by atoms with Gasteiger partial charge in [-0.05, 0) is 18.2 Å². The van der Waals surface area contributed by atoms with Gasteiger partial charge in [-0.2, -0.15) is 0 Å². The molecule has 13 nitrogen and oxygen atoms in total. The Bertz CT molecular complexity index is 1320. The molecule has 1 aromatic heterocycles. The van der Waals surface area contributed by atoms with Crippen molar-refractivity contribution in [3.63, 3.8) is 0 Å². The monoisotopic (exact) mass is 494 g/mol. The van der Waals surface area contributed by atoms with Crippen LogP contribution in [0, 0.1) is 0 Å². The summed E-state index contributed by atoms with van der Waals surface area (Å²) in [5.74, 6) is -3.71. The summed E-state index contributed by atoms with van der Waals surface area (Å²) >= 11 is 0. The van der Waals surface area contributed by atoms with E-state index in [9.17, 15) is 45.6 Å². The minimum absolute atomic E-state index is 0.0243. The lowest BCUT2D eigenvalue weighted by atomic mass is 9.99. The Morgan fingerprint density at radius 1 is 0.886 bits per heavy atom. The van der Waals surface area contributed by atoms with Crippen LogP contribution in [-0.4, -0.2) is 85.3 Å². The lowest BCUT2D eigenvalue weighted by Gasteiger charge is -2.39. The maximum atomic E-state index is 13.5. The molecule has 0 amide bonds. The lowest BCUT2D eigenvalue weighted by molar-refractivity contribution is -0.277. The molecule has 0 unspecified atom stereocenters. The van der Waals surface area contributed by atoms with Crippen molar-refractivity contribution in [3.05, 3.63) is 34.5 Å². The number of methoxy groups -OCH3 is 1. The number of benzene rings is 2. The van der Waals surface area contributed by atoms with E-state index in [2.05, 4.69) is 0 Å². The second-order valence-corrected chi connectivity index (χ2v) is 7.76. The molecule has 0 aliphatic carbocycles. The van der Waals surface area contributed by atoms with Crippen LogP contribution in [0.3, 0.4) is 0 Å². The molecule has 0 spiro atoms. The van der Waals surface area contributed by atoms with E-state index in [0.29, 0.717) is 0 Å². The first-order valence-corrected chi connectivity index (χ1v) is 10.2. The van der Waals surface area contributed by atoms with Gasteiger partial charge in [0.15, 0.2) is 28.6 Å². The Hall–Kier alpha value is -3.75. The SMILES string of the molecule is COc1c(O)cc(O)c2c(=O)c(O[C@@H]3O[C@@H](CO)[C@H](O)[C@H](O)[C@@H]3O)c(-c3ccc(O)c(O)c3)oc12. The quantitative estimate of drug-likeness (QED) is 0.209. The molecule has 1 aliphatic heterocycles. The van der Waals surface area contributed by atoms with E-state index in [1.807, 2.05) is 0 Å². The van der Waals surface area contributed by atoms with Crippen LogP contribution in [0.2, 0.25) is 0 Å². The summed E-state index contributed by atoms with van der Waals surface area (Å²) in [6.07, 6.45) is -8.53. The summed E-state index contributed by atoms with van der Waals surface area (Å²) in [5.41, 5.74) is -1.44. The second kappa shape index (κ2) is 9.13. The van der Waals surface area contributed by atoms with Gasteiger partial charge >= 0.3 is 0 Å². The summed E-state index contributed by atoms with van der Waals surface area (Å²) in [6.45, 7) is -0.757. The fourth-order valence-electron chi connectivity index (χ4n) is 3.74. The number of ether oxygens (including phenoxy) is 3. The highest BCUT2D eigenvalue weighted by molar-refractivity contribution is 5.93. The van der Waals surface area contributed by atoms with Crippen molar-refractivity contribution in [3.8, 4) is 45.8 Å². The summed E-state index contributed by atoms with van der Waals surface area (Å²) in [4.78, 5) is 13.5. The molecule has 35 heavy (non-hydrogen) atoms. The van der Waals surface area contributed by atoms with Crippen LogP contribution in [0.15, 0.2) is 33.5 Å². The summed E-state index contributed by atoms with van der Waals surface area (Å²) in [5, 5.41) is 79.4. The molecule has 0 bridgehead atoms. The smallest absolute Gasteiger partial charge is 0.239 e. The average molecular weight is 494 g/mol. The fourth-order valence-corrected chi connectivity index (χ4v) is 3.74. The third-order valence-corrected chi connectivity index (χ3v) is 5.56. The number of phenolic OH excluding ortho intramolecular Hbond substituents is 4. The number of fused-ring (bicyclic) bond motifs is 1. The highest BCUT2D eigenvalue weighted by atomic mass is 16.7. The standard InChI is InChI=1S/C22H22O13/c1-32-19-11(27)5-10(26)13-15(29)21(35-22-17(31)16(30)14(28)12(6-23)33-22)18(34-20(13)19)7-2-3-8(24)9(25)4-7/h2-5,12,14,16-17,22-28,30-31H,6H2,1H3/t12-,14-,16-,17-,22-/m0/s1. The van der Waals surface area contributed by atoms with Crippen molar-refractivity contribution in [2.45, 2.75) is 30.7 Å². The first-order valence-electron chi connectivity index (χ1n) is 10.2. The molecule has 0 saturated carbocycles. The molecule has 1 fully saturated rings. The number of phenols is 4. The Kier molecular flexibility index (Phi) is 6.36. The van der Waals surface area contributed by atoms with Crippen molar-refractivity contribution < 1.29 is 59.5 Å². The van der Waals surface area contributed by atoms with Crippen LogP contribution in [0.5, 0.6) is 34.5 Å². The van der Waals surface area contributed by atoms with Gasteiger partial charge in [-0.3, -0.25) is 4.79 Å². The van der Waals surface area contributed by atoms with Gasteiger partial charge in [0.25, 0.3) is 0 Å². The number of aliphatic hydroxyl groups is 4. The Morgan fingerprint density at radius 2 is 1.60 bits per heavy atom. The van der Waals surface area contributed by atoms with Crippen LogP contribution < -0.4 is 14.9 Å². The summed E-state index contributed by atoms with van der Waals surface area (Å²) < 4.78 is 21.7. The minimum atomic E-state index is -1.88. The van der Waals surface area contributed by atoms with Gasteiger partial charge in [0.1, 0.15) is 35.6 Å². The third-order valence-electron chi connectivity index (χ3n) is 5.56. The first kappa shape index (κ1) is 24.4. The number of rotatable bonds is 5. The zero-order valence-corrected chi connectivity index (χ0v) is 18.0. The summed E-state index contributed by atoms with van der Waals surface area (Å²) in [6, 6.07) is 4.19. The largest absolute Gasteiger partial charge is 0.507 e. The number of hydrogen-bond acceptors (Lipinski definition) is 13. The molecule has 3 aromatic rings. The highest BCUT2D eigenvalue weighted by Crippen LogP contribution is 2.44. The molecule has 2 aromatic carbocycles. The number of hydrogen-bond donors (Lipinski definition) is 8. The van der Waals surface area contributed by atoms with E-state index >= 15 is 0 Å². The highest BCUT2D eigenvalue weighted by Gasteiger charge is 2.45. The topological polar surface area (TPSA) is 220 Å². The number of aliphatic hydroxyl groups excluding tert-OH is 4. The van der Waals surface area contributed by atoms with Gasteiger partial charge in [0, 0.05) is 11.6 Å². The zero-order chi connectivity index (χ0) is 25.6. The van der Waals surface area contributed by atoms with E-state index in [1.54, 1.807) is 0 Å². The van der Waals surface area contributed by atoms with Gasteiger partial charge in [-0.15, -0.1) is 0 Å².